The van der Waals surface area contributed by atoms with Gasteiger partial charge < -0.3 is 5.32 Å². The first-order chi connectivity index (χ1) is 7.24. The number of nitrogens with zero attached hydrogens (tertiary/aromatic N) is 4. The summed E-state index contributed by atoms with van der Waals surface area (Å²) < 4.78 is 2.47. The van der Waals surface area contributed by atoms with Gasteiger partial charge in [-0.2, -0.15) is 5.26 Å². The average Bonchev–Trinajstić information content (AvgIpc) is 2.61. The Morgan fingerprint density at radius 2 is 2.33 bits per heavy atom. The van der Waals surface area contributed by atoms with Gasteiger partial charge in [0.05, 0.1) is 0 Å². The molecule has 0 aliphatic carbocycles. The van der Waals surface area contributed by atoms with E-state index in [1.165, 1.54) is 0 Å². The molecule has 15 heavy (non-hydrogen) atoms. The number of nitriles is 1. The van der Waals surface area contributed by atoms with Crippen molar-refractivity contribution in [1.29, 1.82) is 5.26 Å². The number of hydrogen-bond acceptors (Lipinski definition) is 4. The first kappa shape index (κ1) is 9.93. The first-order valence-corrected chi connectivity index (χ1v) is 5.23. The van der Waals surface area contributed by atoms with Crippen molar-refractivity contribution in [3.05, 3.63) is 22.7 Å². The quantitative estimate of drug-likeness (QED) is 0.899. The third kappa shape index (κ3) is 1.78. The lowest BCUT2D eigenvalue weighted by atomic mass is 10.5. The Labute approximate surface area is 94.9 Å². The second-order valence-electron chi connectivity index (χ2n) is 2.91. The molecular formula is C9H8BrN5. The lowest BCUT2D eigenvalue weighted by Gasteiger charge is -2.04. The van der Waals surface area contributed by atoms with Crippen LogP contribution in [0.4, 0.5) is 5.82 Å². The molecule has 0 bridgehead atoms. The molecule has 2 heterocycles. The van der Waals surface area contributed by atoms with E-state index in [9.17, 15) is 0 Å². The van der Waals surface area contributed by atoms with Gasteiger partial charge in [0.1, 0.15) is 10.7 Å². The number of rotatable bonds is 2. The minimum absolute atomic E-state index is 0.383. The number of hydrogen-bond donors (Lipinski definition) is 1. The van der Waals surface area contributed by atoms with Gasteiger partial charge in [-0.05, 0) is 22.9 Å². The highest BCUT2D eigenvalue weighted by Gasteiger charge is 2.08. The van der Waals surface area contributed by atoms with E-state index < -0.39 is 0 Å². The fourth-order valence-electron chi connectivity index (χ4n) is 1.31. The van der Waals surface area contributed by atoms with Crippen LogP contribution in [0.25, 0.3) is 5.65 Å². The largest absolute Gasteiger partial charge is 0.367 e. The fourth-order valence-corrected chi connectivity index (χ4v) is 1.71. The van der Waals surface area contributed by atoms with Crippen molar-refractivity contribution >= 4 is 27.4 Å². The summed E-state index contributed by atoms with van der Waals surface area (Å²) in [5.74, 6) is 0.674. The lowest BCUT2D eigenvalue weighted by Crippen LogP contribution is -2.02. The van der Waals surface area contributed by atoms with Crippen molar-refractivity contribution < 1.29 is 0 Å². The predicted molar refractivity (Wildman–Crippen MR) is 59.6 cm³/mol. The van der Waals surface area contributed by atoms with Crippen molar-refractivity contribution in [3.8, 4) is 6.07 Å². The average molecular weight is 266 g/mol. The van der Waals surface area contributed by atoms with Crippen LogP contribution in [0.1, 0.15) is 12.6 Å². The van der Waals surface area contributed by atoms with Crippen molar-refractivity contribution in [1.82, 2.24) is 14.4 Å². The smallest absolute Gasteiger partial charge is 0.181 e. The summed E-state index contributed by atoms with van der Waals surface area (Å²) in [5, 5.41) is 11.8. The highest BCUT2D eigenvalue weighted by atomic mass is 79.9. The van der Waals surface area contributed by atoms with Crippen molar-refractivity contribution in [2.75, 3.05) is 11.9 Å². The second kappa shape index (κ2) is 3.87. The molecule has 2 aromatic rings. The highest BCUT2D eigenvalue weighted by molar-refractivity contribution is 9.10. The molecule has 0 amide bonds. The zero-order chi connectivity index (χ0) is 10.8. The summed E-state index contributed by atoms with van der Waals surface area (Å²) >= 11 is 3.30. The van der Waals surface area contributed by atoms with Crippen LogP contribution in [0.5, 0.6) is 0 Å². The topological polar surface area (TPSA) is 66.0 Å². The zero-order valence-electron chi connectivity index (χ0n) is 8.03. The summed E-state index contributed by atoms with van der Waals surface area (Å²) in [6.07, 6.45) is 3.44. The Balaban J connectivity index is 2.67. The van der Waals surface area contributed by atoms with Gasteiger partial charge in [0.2, 0.25) is 0 Å². The van der Waals surface area contributed by atoms with E-state index >= 15 is 0 Å². The minimum Gasteiger partial charge on any atom is -0.367 e. The molecule has 6 heteroatoms. The normalized spacial score (nSPS) is 10.2. The molecular weight excluding hydrogens is 258 g/mol. The molecule has 76 valence electrons. The summed E-state index contributed by atoms with van der Waals surface area (Å²) in [6, 6.07) is 2.00. The maximum atomic E-state index is 8.75. The van der Waals surface area contributed by atoms with Crippen molar-refractivity contribution in [2.24, 2.45) is 0 Å². The molecule has 0 atom stereocenters. The van der Waals surface area contributed by atoms with Crippen LogP contribution in [-0.4, -0.2) is 20.9 Å². The summed E-state index contributed by atoms with van der Waals surface area (Å²) in [4.78, 5) is 8.40. The number of fused-ring (bicyclic) bond motifs is 1. The molecule has 0 aromatic carbocycles. The Morgan fingerprint density at radius 1 is 1.53 bits per heavy atom. The van der Waals surface area contributed by atoms with E-state index in [2.05, 4.69) is 31.2 Å². The fraction of sp³-hybridized carbons (Fsp3) is 0.222. The lowest BCUT2D eigenvalue weighted by molar-refractivity contribution is 1.07. The monoisotopic (exact) mass is 265 g/mol. The number of aromatic nitrogens is 3. The predicted octanol–water partition coefficient (Wildman–Crippen LogP) is 1.80. The molecule has 0 radical (unpaired) electrons. The Kier molecular flexibility index (Phi) is 2.56. The van der Waals surface area contributed by atoms with Gasteiger partial charge in [-0.25, -0.2) is 9.97 Å². The van der Waals surface area contributed by atoms with Gasteiger partial charge in [-0.3, -0.25) is 4.40 Å². The summed E-state index contributed by atoms with van der Waals surface area (Å²) in [5.41, 5.74) is 1.05. The van der Waals surface area contributed by atoms with Crippen LogP contribution in [0.3, 0.4) is 0 Å². The summed E-state index contributed by atoms with van der Waals surface area (Å²) in [6.45, 7) is 2.74. The number of anilines is 1. The minimum atomic E-state index is 0.383. The van der Waals surface area contributed by atoms with E-state index in [-0.39, 0.29) is 0 Å². The Bertz CT molecular complexity index is 539. The Morgan fingerprint density at radius 3 is 3.00 bits per heavy atom. The van der Waals surface area contributed by atoms with Crippen LogP contribution >= 0.6 is 15.9 Å². The maximum Gasteiger partial charge on any atom is 0.181 e. The number of halogens is 1. The molecule has 0 unspecified atom stereocenters. The van der Waals surface area contributed by atoms with Crippen LogP contribution in [0.2, 0.25) is 0 Å². The van der Waals surface area contributed by atoms with Crippen molar-refractivity contribution in [3.63, 3.8) is 0 Å². The van der Waals surface area contributed by atoms with Crippen LogP contribution in [0.15, 0.2) is 17.0 Å². The van der Waals surface area contributed by atoms with Gasteiger partial charge in [-0.1, -0.05) is 0 Å². The van der Waals surface area contributed by atoms with Gasteiger partial charge >= 0.3 is 0 Å². The zero-order valence-corrected chi connectivity index (χ0v) is 9.61. The third-order valence-corrected chi connectivity index (χ3v) is 2.25. The van der Waals surface area contributed by atoms with Gasteiger partial charge in [0.15, 0.2) is 17.2 Å². The van der Waals surface area contributed by atoms with E-state index in [0.29, 0.717) is 21.8 Å². The van der Waals surface area contributed by atoms with E-state index in [0.717, 1.165) is 6.54 Å². The molecule has 0 saturated carbocycles. The van der Waals surface area contributed by atoms with Crippen LogP contribution in [0, 0.1) is 11.3 Å². The van der Waals surface area contributed by atoms with Gasteiger partial charge in [-0.15, -0.1) is 0 Å². The van der Waals surface area contributed by atoms with Gasteiger partial charge in [0.25, 0.3) is 0 Å². The molecule has 0 spiro atoms. The molecule has 5 nitrogen and oxygen atoms in total. The molecule has 0 fully saturated rings. The van der Waals surface area contributed by atoms with Crippen molar-refractivity contribution in [2.45, 2.75) is 6.92 Å². The highest BCUT2D eigenvalue weighted by Crippen LogP contribution is 2.17. The van der Waals surface area contributed by atoms with Crippen LogP contribution in [-0.2, 0) is 0 Å². The Hall–Kier alpha value is -1.61. The SMILES string of the molecule is CCNc1nc(Br)cn2cc(C#N)nc12. The van der Waals surface area contributed by atoms with Crippen LogP contribution < -0.4 is 5.32 Å². The van der Waals surface area contributed by atoms with E-state index in [1.54, 1.807) is 16.8 Å². The summed E-state index contributed by atoms with van der Waals surface area (Å²) in [7, 11) is 0. The number of nitrogens with one attached hydrogen (secondary N) is 1. The second-order valence-corrected chi connectivity index (χ2v) is 3.72. The van der Waals surface area contributed by atoms with E-state index in [1.807, 2.05) is 13.0 Å². The molecule has 2 aromatic heterocycles. The van der Waals surface area contributed by atoms with Gasteiger partial charge in [0, 0.05) is 18.9 Å². The molecule has 0 aliphatic heterocycles. The maximum absolute atomic E-state index is 8.75. The molecule has 2 rings (SSSR count). The third-order valence-electron chi connectivity index (χ3n) is 1.87. The van der Waals surface area contributed by atoms with E-state index in [4.69, 9.17) is 5.26 Å². The molecule has 0 aliphatic rings. The molecule has 1 N–H and O–H groups in total. The first-order valence-electron chi connectivity index (χ1n) is 4.44. The standard InChI is InChI=1S/C9H8BrN5/c1-2-12-8-9-13-6(3-11)4-15(9)5-7(10)14-8/h4-5H,2H2,1H3,(H,12,14). The number of imidazole rings is 1. The molecule has 0 saturated heterocycles.